The van der Waals surface area contributed by atoms with Gasteiger partial charge in [-0.1, -0.05) is 20.3 Å². The molecule has 1 aliphatic rings. The molecule has 0 aliphatic carbocycles. The summed E-state index contributed by atoms with van der Waals surface area (Å²) in [4.78, 5) is 0. The average Bonchev–Trinajstić information content (AvgIpc) is 2.05. The molecule has 2 unspecified atom stereocenters. The summed E-state index contributed by atoms with van der Waals surface area (Å²) in [6.07, 6.45) is 4.51. The Labute approximate surface area is 75.2 Å². The molecule has 1 fully saturated rings. The van der Waals surface area contributed by atoms with Gasteiger partial charge in [0.1, 0.15) is 0 Å². The first-order valence-electron chi connectivity index (χ1n) is 5.04. The van der Waals surface area contributed by atoms with E-state index in [1.807, 2.05) is 0 Å². The van der Waals surface area contributed by atoms with E-state index in [9.17, 15) is 0 Å². The van der Waals surface area contributed by atoms with E-state index in [-0.39, 0.29) is 5.79 Å². The lowest BCUT2D eigenvalue weighted by atomic mass is 10.1. The monoisotopic (exact) mass is 172 g/mol. The third-order valence-electron chi connectivity index (χ3n) is 2.48. The first-order chi connectivity index (χ1) is 5.72. The van der Waals surface area contributed by atoms with E-state index in [0.717, 1.165) is 32.3 Å². The van der Waals surface area contributed by atoms with Gasteiger partial charge in [0, 0.05) is 6.42 Å². The predicted molar refractivity (Wildman–Crippen MR) is 49.0 cm³/mol. The van der Waals surface area contributed by atoms with E-state index in [2.05, 4.69) is 20.8 Å². The highest BCUT2D eigenvalue weighted by Gasteiger charge is 2.34. The van der Waals surface area contributed by atoms with Crippen molar-refractivity contribution < 1.29 is 9.47 Å². The maximum atomic E-state index is 5.84. The first-order valence-corrected chi connectivity index (χ1v) is 5.04. The van der Waals surface area contributed by atoms with Crippen molar-refractivity contribution in [3.8, 4) is 0 Å². The molecule has 0 saturated carbocycles. The average molecular weight is 172 g/mol. The molecule has 1 saturated heterocycles. The van der Waals surface area contributed by atoms with Gasteiger partial charge >= 0.3 is 0 Å². The minimum atomic E-state index is -0.258. The maximum absolute atomic E-state index is 5.84. The van der Waals surface area contributed by atoms with Crippen molar-refractivity contribution in [3.05, 3.63) is 0 Å². The molecule has 2 atom stereocenters. The molecule has 0 amide bonds. The van der Waals surface area contributed by atoms with E-state index in [1.54, 1.807) is 0 Å². The van der Waals surface area contributed by atoms with Gasteiger partial charge in [-0.3, -0.25) is 0 Å². The second kappa shape index (κ2) is 4.24. The van der Waals surface area contributed by atoms with Crippen LogP contribution in [0.4, 0.5) is 0 Å². The van der Waals surface area contributed by atoms with E-state index < -0.39 is 0 Å². The molecule has 72 valence electrons. The Morgan fingerprint density at radius 2 is 2.17 bits per heavy atom. The van der Waals surface area contributed by atoms with Crippen LogP contribution in [0, 0.1) is 0 Å². The van der Waals surface area contributed by atoms with E-state index in [0.29, 0.717) is 6.10 Å². The highest BCUT2D eigenvalue weighted by atomic mass is 16.7. The Bertz CT molecular complexity index is 132. The summed E-state index contributed by atoms with van der Waals surface area (Å²) in [5.41, 5.74) is 0. The summed E-state index contributed by atoms with van der Waals surface area (Å²) in [6.45, 7) is 7.29. The Balaban J connectivity index is 2.51. The molecule has 2 nitrogen and oxygen atoms in total. The van der Waals surface area contributed by atoms with Gasteiger partial charge in [0.25, 0.3) is 0 Å². The minimum Gasteiger partial charge on any atom is -0.350 e. The zero-order chi connectivity index (χ0) is 9.03. The van der Waals surface area contributed by atoms with Crippen LogP contribution in [0.15, 0.2) is 0 Å². The lowest BCUT2D eigenvalue weighted by molar-refractivity contribution is -0.294. The van der Waals surface area contributed by atoms with Crippen molar-refractivity contribution in [2.45, 2.75) is 58.3 Å². The quantitative estimate of drug-likeness (QED) is 0.651. The van der Waals surface area contributed by atoms with Crippen LogP contribution < -0.4 is 0 Å². The van der Waals surface area contributed by atoms with Crippen LogP contribution in [0.3, 0.4) is 0 Å². The van der Waals surface area contributed by atoms with Crippen molar-refractivity contribution >= 4 is 0 Å². The van der Waals surface area contributed by atoms with Crippen molar-refractivity contribution in [3.63, 3.8) is 0 Å². The summed E-state index contributed by atoms with van der Waals surface area (Å²) in [5, 5.41) is 0. The standard InChI is InChI=1S/C10H20O2/c1-4-7-10(5-2)11-8-6-9(3)12-10/h9H,4-8H2,1-3H3. The summed E-state index contributed by atoms with van der Waals surface area (Å²) in [5.74, 6) is -0.258. The molecular formula is C10H20O2. The molecule has 0 spiro atoms. The highest BCUT2D eigenvalue weighted by Crippen LogP contribution is 2.30. The lowest BCUT2D eigenvalue weighted by Gasteiger charge is -2.39. The summed E-state index contributed by atoms with van der Waals surface area (Å²) in [6, 6.07) is 0. The van der Waals surface area contributed by atoms with Gasteiger partial charge < -0.3 is 9.47 Å². The second-order valence-corrected chi connectivity index (χ2v) is 3.58. The SMILES string of the molecule is CCCC1(CC)OCCC(C)O1. The maximum Gasteiger partial charge on any atom is 0.168 e. The van der Waals surface area contributed by atoms with Gasteiger partial charge in [0.05, 0.1) is 12.7 Å². The van der Waals surface area contributed by atoms with Crippen molar-refractivity contribution in [1.29, 1.82) is 0 Å². The molecular weight excluding hydrogens is 152 g/mol. The Morgan fingerprint density at radius 1 is 1.42 bits per heavy atom. The smallest absolute Gasteiger partial charge is 0.168 e. The van der Waals surface area contributed by atoms with Crippen LogP contribution in [0.1, 0.15) is 46.5 Å². The zero-order valence-electron chi connectivity index (χ0n) is 8.43. The van der Waals surface area contributed by atoms with Crippen LogP contribution >= 0.6 is 0 Å². The van der Waals surface area contributed by atoms with Crippen LogP contribution in [0.2, 0.25) is 0 Å². The van der Waals surface area contributed by atoms with E-state index in [1.165, 1.54) is 0 Å². The van der Waals surface area contributed by atoms with Gasteiger partial charge in [-0.2, -0.15) is 0 Å². The number of rotatable bonds is 3. The Morgan fingerprint density at radius 3 is 2.67 bits per heavy atom. The van der Waals surface area contributed by atoms with Crippen molar-refractivity contribution in [2.24, 2.45) is 0 Å². The van der Waals surface area contributed by atoms with Gasteiger partial charge in [0.2, 0.25) is 0 Å². The molecule has 0 N–H and O–H groups in total. The van der Waals surface area contributed by atoms with E-state index in [4.69, 9.17) is 9.47 Å². The topological polar surface area (TPSA) is 18.5 Å². The van der Waals surface area contributed by atoms with Crippen LogP contribution in [-0.4, -0.2) is 18.5 Å². The molecule has 0 aromatic carbocycles. The van der Waals surface area contributed by atoms with Crippen LogP contribution in [0.25, 0.3) is 0 Å². The first kappa shape index (κ1) is 10.0. The highest BCUT2D eigenvalue weighted by molar-refractivity contribution is 4.73. The molecule has 1 rings (SSSR count). The van der Waals surface area contributed by atoms with Crippen LogP contribution in [-0.2, 0) is 9.47 Å². The number of hydrogen-bond donors (Lipinski definition) is 0. The van der Waals surface area contributed by atoms with Crippen LogP contribution in [0.5, 0.6) is 0 Å². The molecule has 2 heteroatoms. The van der Waals surface area contributed by atoms with Gasteiger partial charge in [-0.15, -0.1) is 0 Å². The van der Waals surface area contributed by atoms with E-state index >= 15 is 0 Å². The van der Waals surface area contributed by atoms with Crippen molar-refractivity contribution in [2.75, 3.05) is 6.61 Å². The fourth-order valence-corrected chi connectivity index (χ4v) is 1.74. The largest absolute Gasteiger partial charge is 0.350 e. The fraction of sp³-hybridized carbons (Fsp3) is 1.00. The van der Waals surface area contributed by atoms with Crippen molar-refractivity contribution in [1.82, 2.24) is 0 Å². The molecule has 0 radical (unpaired) electrons. The minimum absolute atomic E-state index is 0.258. The molecule has 0 aromatic rings. The second-order valence-electron chi connectivity index (χ2n) is 3.58. The molecule has 0 bridgehead atoms. The normalized spacial score (nSPS) is 36.8. The Kier molecular flexibility index (Phi) is 3.53. The summed E-state index contributed by atoms with van der Waals surface area (Å²) < 4.78 is 11.5. The number of hydrogen-bond acceptors (Lipinski definition) is 2. The number of ether oxygens (including phenoxy) is 2. The molecule has 1 heterocycles. The molecule has 0 aromatic heterocycles. The summed E-state index contributed by atoms with van der Waals surface area (Å²) >= 11 is 0. The molecule has 1 aliphatic heterocycles. The zero-order valence-corrected chi connectivity index (χ0v) is 8.43. The fourth-order valence-electron chi connectivity index (χ4n) is 1.74. The van der Waals surface area contributed by atoms with Gasteiger partial charge in [-0.05, 0) is 19.8 Å². The predicted octanol–water partition coefficient (Wildman–Crippen LogP) is 2.72. The van der Waals surface area contributed by atoms with Gasteiger partial charge in [0.15, 0.2) is 5.79 Å². The Hall–Kier alpha value is -0.0800. The third-order valence-corrected chi connectivity index (χ3v) is 2.48. The van der Waals surface area contributed by atoms with Gasteiger partial charge in [-0.25, -0.2) is 0 Å². The third kappa shape index (κ3) is 2.20. The lowest BCUT2D eigenvalue weighted by Crippen LogP contribution is -2.43. The molecule has 12 heavy (non-hydrogen) atoms. The summed E-state index contributed by atoms with van der Waals surface area (Å²) in [7, 11) is 0.